The van der Waals surface area contributed by atoms with E-state index in [9.17, 15) is 9.90 Å². The minimum absolute atomic E-state index is 0.0380. The molecule has 2 aromatic heterocycles. The number of rotatable bonds is 5. The molecule has 2 N–H and O–H groups in total. The van der Waals surface area contributed by atoms with Crippen LogP contribution in [0.1, 0.15) is 47.5 Å². The highest BCUT2D eigenvalue weighted by Gasteiger charge is 2.15. The Morgan fingerprint density at radius 1 is 1.50 bits per heavy atom. The fourth-order valence-electron chi connectivity index (χ4n) is 1.65. The maximum absolute atomic E-state index is 11.2. The molecule has 0 amide bonds. The van der Waals surface area contributed by atoms with Gasteiger partial charge >= 0.3 is 5.97 Å². The Bertz CT molecular complexity index is 622. The number of carboxylic acids is 1. The second-order valence-corrected chi connectivity index (χ2v) is 4.73. The van der Waals surface area contributed by atoms with Crippen molar-refractivity contribution in [3.05, 3.63) is 35.2 Å². The molecule has 7 nitrogen and oxygen atoms in total. The Morgan fingerprint density at radius 3 is 2.80 bits per heavy atom. The number of anilines is 1. The van der Waals surface area contributed by atoms with Gasteiger partial charge in [0.25, 0.3) is 0 Å². The monoisotopic (exact) mass is 276 g/mol. The van der Waals surface area contributed by atoms with Crippen LogP contribution in [0.5, 0.6) is 0 Å². The Hall–Kier alpha value is -2.44. The molecular formula is C13H16N4O3. The first-order valence-electron chi connectivity index (χ1n) is 6.23. The van der Waals surface area contributed by atoms with E-state index in [1.54, 1.807) is 13.0 Å². The molecule has 7 heteroatoms. The van der Waals surface area contributed by atoms with Crippen LogP contribution in [0.4, 0.5) is 5.69 Å². The molecule has 0 bridgehead atoms. The van der Waals surface area contributed by atoms with Crippen molar-refractivity contribution in [3.8, 4) is 0 Å². The van der Waals surface area contributed by atoms with E-state index in [-0.39, 0.29) is 11.6 Å². The third kappa shape index (κ3) is 3.11. The molecular weight excluding hydrogens is 260 g/mol. The Kier molecular flexibility index (Phi) is 3.97. The molecule has 0 spiro atoms. The summed E-state index contributed by atoms with van der Waals surface area (Å²) in [6.07, 6.45) is 1.48. The van der Waals surface area contributed by atoms with E-state index in [1.807, 2.05) is 13.8 Å². The predicted molar refractivity (Wildman–Crippen MR) is 71.6 cm³/mol. The number of aryl methyl sites for hydroxylation is 1. The molecule has 0 aliphatic rings. The zero-order valence-electron chi connectivity index (χ0n) is 11.5. The molecule has 0 saturated carbocycles. The first-order valence-corrected chi connectivity index (χ1v) is 6.23. The second-order valence-electron chi connectivity index (χ2n) is 4.73. The number of aromatic carboxylic acids is 1. The lowest BCUT2D eigenvalue weighted by Crippen LogP contribution is -2.12. The van der Waals surface area contributed by atoms with Crippen molar-refractivity contribution in [1.82, 2.24) is 15.1 Å². The van der Waals surface area contributed by atoms with Crippen LogP contribution in [0, 0.1) is 6.92 Å². The molecule has 0 atom stereocenters. The zero-order valence-corrected chi connectivity index (χ0v) is 11.5. The lowest BCUT2D eigenvalue weighted by atomic mass is 10.2. The topological polar surface area (TPSA) is 101 Å². The smallest absolute Gasteiger partial charge is 0.356 e. The van der Waals surface area contributed by atoms with Crippen LogP contribution in [0.15, 0.2) is 16.8 Å². The molecule has 106 valence electrons. The van der Waals surface area contributed by atoms with E-state index < -0.39 is 5.97 Å². The van der Waals surface area contributed by atoms with Crippen LogP contribution in [-0.4, -0.2) is 26.2 Å². The highest BCUT2D eigenvalue weighted by molar-refractivity contribution is 5.91. The van der Waals surface area contributed by atoms with Crippen LogP contribution in [0.3, 0.4) is 0 Å². The number of aromatic nitrogens is 3. The maximum Gasteiger partial charge on any atom is 0.356 e. The molecule has 2 rings (SSSR count). The molecule has 0 unspecified atom stereocenters. The molecule has 2 aromatic rings. The van der Waals surface area contributed by atoms with Crippen molar-refractivity contribution in [3.63, 3.8) is 0 Å². The summed E-state index contributed by atoms with van der Waals surface area (Å²) in [6, 6.07) is 1.77. The minimum Gasteiger partial charge on any atom is -0.476 e. The quantitative estimate of drug-likeness (QED) is 0.863. The molecule has 2 heterocycles. The van der Waals surface area contributed by atoms with E-state index in [4.69, 9.17) is 4.52 Å². The summed E-state index contributed by atoms with van der Waals surface area (Å²) in [7, 11) is 0. The fraction of sp³-hybridized carbons (Fsp3) is 0.385. The number of carboxylic acid groups (broad SMARTS) is 1. The standard InChI is InChI=1S/C13H16N4O3/c1-7(2)12-15-6-10(11(16-12)13(18)19)14-5-9-4-8(3)20-17-9/h4,6-7,14H,5H2,1-3H3,(H,18,19). The average molecular weight is 276 g/mol. The van der Waals surface area contributed by atoms with Crippen LogP contribution in [0.2, 0.25) is 0 Å². The van der Waals surface area contributed by atoms with Gasteiger partial charge in [-0.3, -0.25) is 0 Å². The summed E-state index contributed by atoms with van der Waals surface area (Å²) < 4.78 is 4.94. The molecule has 0 fully saturated rings. The molecule has 20 heavy (non-hydrogen) atoms. The summed E-state index contributed by atoms with van der Waals surface area (Å²) in [5, 5.41) is 16.0. The second kappa shape index (κ2) is 5.68. The average Bonchev–Trinajstić information content (AvgIpc) is 2.81. The molecule has 0 radical (unpaired) electrons. The van der Waals surface area contributed by atoms with Crippen LogP contribution >= 0.6 is 0 Å². The van der Waals surface area contributed by atoms with E-state index in [0.29, 0.717) is 29.5 Å². The third-order valence-corrected chi connectivity index (χ3v) is 2.66. The van der Waals surface area contributed by atoms with Gasteiger partial charge in [-0.2, -0.15) is 0 Å². The molecule has 0 aromatic carbocycles. The third-order valence-electron chi connectivity index (χ3n) is 2.66. The van der Waals surface area contributed by atoms with E-state index in [2.05, 4.69) is 20.4 Å². The number of nitrogens with zero attached hydrogens (tertiary/aromatic N) is 3. The van der Waals surface area contributed by atoms with Crippen molar-refractivity contribution < 1.29 is 14.4 Å². The van der Waals surface area contributed by atoms with Gasteiger partial charge in [-0.1, -0.05) is 19.0 Å². The van der Waals surface area contributed by atoms with Crippen molar-refractivity contribution in [2.45, 2.75) is 33.2 Å². The number of hydrogen-bond donors (Lipinski definition) is 2. The minimum atomic E-state index is -1.09. The van der Waals surface area contributed by atoms with Gasteiger partial charge in [0, 0.05) is 12.0 Å². The SMILES string of the molecule is Cc1cc(CNc2cnc(C(C)C)nc2C(=O)O)no1. The molecule has 0 aliphatic carbocycles. The van der Waals surface area contributed by atoms with Gasteiger partial charge in [-0.15, -0.1) is 0 Å². The predicted octanol–water partition coefficient (Wildman–Crippen LogP) is 2.21. The van der Waals surface area contributed by atoms with Gasteiger partial charge in [-0.25, -0.2) is 14.8 Å². The lowest BCUT2D eigenvalue weighted by Gasteiger charge is -2.10. The van der Waals surface area contributed by atoms with E-state index in [1.165, 1.54) is 6.20 Å². The molecule has 0 aliphatic heterocycles. The summed E-state index contributed by atoms with van der Waals surface area (Å²) in [5.41, 5.74) is 1.01. The van der Waals surface area contributed by atoms with Crippen LogP contribution in [0.25, 0.3) is 0 Å². The molecule has 0 saturated heterocycles. The summed E-state index contributed by atoms with van der Waals surface area (Å²) in [6.45, 7) is 5.96. The van der Waals surface area contributed by atoms with Gasteiger partial charge < -0.3 is 14.9 Å². The van der Waals surface area contributed by atoms with E-state index >= 15 is 0 Å². The van der Waals surface area contributed by atoms with Crippen molar-refractivity contribution in [2.75, 3.05) is 5.32 Å². The van der Waals surface area contributed by atoms with Crippen LogP contribution < -0.4 is 5.32 Å². The van der Waals surface area contributed by atoms with Crippen LogP contribution in [-0.2, 0) is 6.54 Å². The summed E-state index contributed by atoms with van der Waals surface area (Å²) >= 11 is 0. The van der Waals surface area contributed by atoms with Gasteiger partial charge in [-0.05, 0) is 6.92 Å². The summed E-state index contributed by atoms with van der Waals surface area (Å²) in [4.78, 5) is 19.5. The Morgan fingerprint density at radius 2 is 2.25 bits per heavy atom. The Balaban J connectivity index is 2.20. The lowest BCUT2D eigenvalue weighted by molar-refractivity contribution is 0.0691. The fourth-order valence-corrected chi connectivity index (χ4v) is 1.65. The largest absolute Gasteiger partial charge is 0.476 e. The van der Waals surface area contributed by atoms with Crippen molar-refractivity contribution in [2.24, 2.45) is 0 Å². The summed E-state index contributed by atoms with van der Waals surface area (Å²) in [5.74, 6) is 0.186. The first kappa shape index (κ1) is 14.0. The van der Waals surface area contributed by atoms with Gasteiger partial charge in [0.1, 0.15) is 17.3 Å². The number of hydrogen-bond acceptors (Lipinski definition) is 6. The first-order chi connectivity index (χ1) is 9.47. The van der Waals surface area contributed by atoms with E-state index in [0.717, 1.165) is 0 Å². The maximum atomic E-state index is 11.2. The van der Waals surface area contributed by atoms with Gasteiger partial charge in [0.15, 0.2) is 5.69 Å². The number of nitrogens with one attached hydrogen (secondary N) is 1. The highest BCUT2D eigenvalue weighted by atomic mass is 16.5. The zero-order chi connectivity index (χ0) is 14.7. The normalized spacial score (nSPS) is 10.8. The van der Waals surface area contributed by atoms with Gasteiger partial charge in [0.2, 0.25) is 0 Å². The van der Waals surface area contributed by atoms with Gasteiger partial charge in [0.05, 0.1) is 18.4 Å². The van der Waals surface area contributed by atoms with Crippen molar-refractivity contribution in [1.29, 1.82) is 0 Å². The Labute approximate surface area is 116 Å². The van der Waals surface area contributed by atoms with Crippen molar-refractivity contribution >= 4 is 11.7 Å². The highest BCUT2D eigenvalue weighted by Crippen LogP contribution is 2.17. The number of carbonyl (C=O) groups is 1.